The van der Waals surface area contributed by atoms with E-state index in [0.717, 1.165) is 4.88 Å². The van der Waals surface area contributed by atoms with Gasteiger partial charge in [0.2, 0.25) is 0 Å². The molecule has 2 N–H and O–H groups in total. The summed E-state index contributed by atoms with van der Waals surface area (Å²) in [6.45, 7) is 7.57. The van der Waals surface area contributed by atoms with Crippen molar-refractivity contribution in [3.8, 4) is 0 Å². The summed E-state index contributed by atoms with van der Waals surface area (Å²) in [6.07, 6.45) is 2.17. The number of carbonyl (C=O) groups is 1. The van der Waals surface area contributed by atoms with Gasteiger partial charge in [-0.05, 0) is 13.8 Å². The van der Waals surface area contributed by atoms with Gasteiger partial charge in [-0.3, -0.25) is 9.78 Å². The van der Waals surface area contributed by atoms with Gasteiger partial charge in [0.15, 0.2) is 0 Å². The van der Waals surface area contributed by atoms with Gasteiger partial charge >= 0.3 is 0 Å². The van der Waals surface area contributed by atoms with Crippen molar-refractivity contribution < 1.29 is 4.79 Å². The number of thiazole rings is 1. The van der Waals surface area contributed by atoms with E-state index in [1.165, 1.54) is 11.3 Å². The smallest absolute Gasteiger partial charge is 0.145 e. The van der Waals surface area contributed by atoms with E-state index in [0.29, 0.717) is 6.42 Å². The zero-order valence-electron chi connectivity index (χ0n) is 9.70. The Balaban J connectivity index is 2.77. The van der Waals surface area contributed by atoms with Crippen molar-refractivity contribution in [1.29, 1.82) is 0 Å². The zero-order valence-corrected chi connectivity index (χ0v) is 10.5. The van der Waals surface area contributed by atoms with Crippen molar-refractivity contribution in [1.82, 2.24) is 4.98 Å². The number of ketones is 1. The van der Waals surface area contributed by atoms with Crippen LogP contribution in [-0.2, 0) is 11.2 Å². The molecule has 0 amide bonds. The molecule has 0 radical (unpaired) electrons. The van der Waals surface area contributed by atoms with E-state index >= 15 is 0 Å². The van der Waals surface area contributed by atoms with Crippen LogP contribution < -0.4 is 5.73 Å². The Morgan fingerprint density at radius 2 is 2.07 bits per heavy atom. The molecule has 0 aromatic carbocycles. The molecule has 0 bridgehead atoms. The summed E-state index contributed by atoms with van der Waals surface area (Å²) >= 11 is 1.51. The first-order chi connectivity index (χ1) is 6.75. The number of hydrogen-bond donors (Lipinski definition) is 1. The molecular weight excluding hydrogens is 208 g/mol. The summed E-state index contributed by atoms with van der Waals surface area (Å²) < 4.78 is 0. The maximum atomic E-state index is 12.1. The number of Topliss-reactive ketones (excluding diaryl/α,β-unsaturated/α-hetero) is 1. The van der Waals surface area contributed by atoms with E-state index in [4.69, 9.17) is 5.73 Å². The third-order valence-electron chi connectivity index (χ3n) is 3.13. The molecule has 0 aliphatic rings. The topological polar surface area (TPSA) is 56.0 Å². The van der Waals surface area contributed by atoms with Crippen molar-refractivity contribution in [3.05, 3.63) is 16.6 Å². The largest absolute Gasteiger partial charge is 0.325 e. The molecule has 0 saturated carbocycles. The fourth-order valence-corrected chi connectivity index (χ4v) is 1.66. The van der Waals surface area contributed by atoms with Crippen molar-refractivity contribution in [2.45, 2.75) is 39.7 Å². The van der Waals surface area contributed by atoms with E-state index in [1.54, 1.807) is 11.7 Å². The van der Waals surface area contributed by atoms with Gasteiger partial charge in [-0.25, -0.2) is 0 Å². The molecule has 1 heterocycles. The van der Waals surface area contributed by atoms with E-state index < -0.39 is 11.0 Å². The Morgan fingerprint density at radius 1 is 1.47 bits per heavy atom. The van der Waals surface area contributed by atoms with Gasteiger partial charge in [-0.1, -0.05) is 13.8 Å². The standard InChI is InChI=1S/C11H18N2OS/c1-10(2,11(3,4)12)9(14)5-8-6-13-7-15-8/h6-7H,5,12H2,1-4H3. The van der Waals surface area contributed by atoms with Crippen LogP contribution in [0.3, 0.4) is 0 Å². The summed E-state index contributed by atoms with van der Waals surface area (Å²) in [6, 6.07) is 0. The third kappa shape index (κ3) is 2.63. The normalized spacial score (nSPS) is 12.9. The first-order valence-corrected chi connectivity index (χ1v) is 5.82. The second-order valence-electron chi connectivity index (χ2n) is 4.91. The molecule has 0 spiro atoms. The number of carbonyl (C=O) groups excluding carboxylic acids is 1. The number of nitrogens with zero attached hydrogens (tertiary/aromatic N) is 1. The summed E-state index contributed by atoms with van der Waals surface area (Å²) in [5, 5.41) is 0. The van der Waals surface area contributed by atoms with E-state index in [-0.39, 0.29) is 5.78 Å². The van der Waals surface area contributed by atoms with Crippen molar-refractivity contribution in [3.63, 3.8) is 0 Å². The predicted octanol–water partition coefficient (Wildman–Crippen LogP) is 2.02. The van der Waals surface area contributed by atoms with Crippen LogP contribution >= 0.6 is 11.3 Å². The first-order valence-electron chi connectivity index (χ1n) is 4.94. The van der Waals surface area contributed by atoms with Gasteiger partial charge in [0, 0.05) is 28.4 Å². The highest BCUT2D eigenvalue weighted by atomic mass is 32.1. The zero-order chi connectivity index (χ0) is 11.7. The first kappa shape index (κ1) is 12.3. The van der Waals surface area contributed by atoms with E-state index in [9.17, 15) is 4.79 Å². The Morgan fingerprint density at radius 3 is 2.47 bits per heavy atom. The van der Waals surface area contributed by atoms with Crippen LogP contribution in [0, 0.1) is 5.41 Å². The lowest BCUT2D eigenvalue weighted by molar-refractivity contribution is -0.129. The Labute approximate surface area is 94.7 Å². The van der Waals surface area contributed by atoms with Crippen molar-refractivity contribution >= 4 is 17.1 Å². The maximum Gasteiger partial charge on any atom is 0.145 e. The molecule has 4 heteroatoms. The van der Waals surface area contributed by atoms with Crippen LogP contribution in [0.1, 0.15) is 32.6 Å². The number of nitrogens with two attached hydrogens (primary N) is 1. The molecule has 1 aromatic heterocycles. The minimum Gasteiger partial charge on any atom is -0.325 e. The molecule has 0 atom stereocenters. The minimum absolute atomic E-state index is 0.166. The van der Waals surface area contributed by atoms with Crippen LogP contribution in [0.2, 0.25) is 0 Å². The van der Waals surface area contributed by atoms with Crippen molar-refractivity contribution in [2.75, 3.05) is 0 Å². The van der Waals surface area contributed by atoms with Crippen LogP contribution in [0.15, 0.2) is 11.7 Å². The Hall–Kier alpha value is -0.740. The van der Waals surface area contributed by atoms with Crippen LogP contribution in [0.4, 0.5) is 0 Å². The van der Waals surface area contributed by atoms with Gasteiger partial charge in [0.05, 0.1) is 5.51 Å². The molecule has 1 rings (SSSR count). The number of aromatic nitrogens is 1. The summed E-state index contributed by atoms with van der Waals surface area (Å²) in [7, 11) is 0. The fourth-order valence-electron chi connectivity index (χ4n) is 1.07. The van der Waals surface area contributed by atoms with Crippen molar-refractivity contribution in [2.24, 2.45) is 11.1 Å². The average Bonchev–Trinajstić information content (AvgIpc) is 2.54. The Kier molecular flexibility index (Phi) is 3.31. The number of hydrogen-bond acceptors (Lipinski definition) is 4. The summed E-state index contributed by atoms with van der Waals surface area (Å²) in [5.41, 5.74) is 6.73. The highest BCUT2D eigenvalue weighted by molar-refractivity contribution is 7.09. The molecule has 0 aliphatic carbocycles. The third-order valence-corrected chi connectivity index (χ3v) is 3.91. The van der Waals surface area contributed by atoms with Crippen LogP contribution in [-0.4, -0.2) is 16.3 Å². The molecular formula is C11H18N2OS. The molecule has 0 unspecified atom stereocenters. The summed E-state index contributed by atoms with van der Waals surface area (Å²) in [4.78, 5) is 17.0. The molecule has 0 saturated heterocycles. The molecule has 15 heavy (non-hydrogen) atoms. The lowest BCUT2D eigenvalue weighted by Crippen LogP contribution is -2.52. The monoisotopic (exact) mass is 226 g/mol. The Bertz CT molecular complexity index is 336. The second-order valence-corrected chi connectivity index (χ2v) is 5.89. The molecule has 3 nitrogen and oxygen atoms in total. The molecule has 0 aliphatic heterocycles. The molecule has 0 fully saturated rings. The minimum atomic E-state index is -0.517. The molecule has 1 aromatic rings. The van der Waals surface area contributed by atoms with Gasteiger partial charge in [-0.2, -0.15) is 0 Å². The van der Waals surface area contributed by atoms with Crippen LogP contribution in [0.25, 0.3) is 0 Å². The maximum absolute atomic E-state index is 12.1. The van der Waals surface area contributed by atoms with Gasteiger partial charge in [0.1, 0.15) is 5.78 Å². The van der Waals surface area contributed by atoms with Gasteiger partial charge < -0.3 is 5.73 Å². The fraction of sp³-hybridized carbons (Fsp3) is 0.636. The highest BCUT2D eigenvalue weighted by Gasteiger charge is 2.39. The number of rotatable bonds is 4. The van der Waals surface area contributed by atoms with Crippen LogP contribution in [0.5, 0.6) is 0 Å². The highest BCUT2D eigenvalue weighted by Crippen LogP contribution is 2.30. The average molecular weight is 226 g/mol. The van der Waals surface area contributed by atoms with E-state index in [1.807, 2.05) is 27.7 Å². The lowest BCUT2D eigenvalue weighted by atomic mass is 9.71. The van der Waals surface area contributed by atoms with Gasteiger partial charge in [-0.15, -0.1) is 11.3 Å². The van der Waals surface area contributed by atoms with Gasteiger partial charge in [0.25, 0.3) is 0 Å². The lowest BCUT2D eigenvalue weighted by Gasteiger charge is -2.37. The van der Waals surface area contributed by atoms with E-state index in [2.05, 4.69) is 4.98 Å². The SMILES string of the molecule is CC(C)(N)C(C)(C)C(=O)Cc1cncs1. The molecule has 84 valence electrons. The quantitative estimate of drug-likeness (QED) is 0.854. The second kappa shape index (κ2) is 4.02. The summed E-state index contributed by atoms with van der Waals surface area (Å²) in [5.74, 6) is 0.166. The predicted molar refractivity (Wildman–Crippen MR) is 62.9 cm³/mol.